The molecule has 5 rings (SSSR count). The number of rotatable bonds is 7. The van der Waals surface area contributed by atoms with Gasteiger partial charge in [0.25, 0.3) is 0 Å². The highest BCUT2D eigenvalue weighted by Crippen LogP contribution is 2.38. The van der Waals surface area contributed by atoms with Gasteiger partial charge in [0.05, 0.1) is 33.6 Å². The molecule has 1 saturated carbocycles. The fraction of sp³-hybridized carbons (Fsp3) is 0.320. The maximum Gasteiger partial charge on any atom is 0.225 e. The number of aryl methyl sites for hydroxylation is 1. The molecule has 1 fully saturated rings. The second-order valence-corrected chi connectivity index (χ2v) is 9.77. The monoisotopic (exact) mass is 495 g/mol. The molecule has 2 aromatic carbocycles. The number of anilines is 2. The van der Waals surface area contributed by atoms with Crippen LogP contribution in [-0.4, -0.2) is 55.1 Å². The van der Waals surface area contributed by atoms with Gasteiger partial charge < -0.3 is 26.0 Å². The standard InChI is InChI=1S/C25H26FN5O3S/c1-13-20(24-30-17-7-2-3-8-19(17)35-24)23(29-18-10-15(12-32)21(33)22(18)34)31-25(28-13)27-11-14-5-4-6-16(26)9-14/h2-9,15,18,21-22,32-34H,10-12H2,1H3,(H2,27,28,29,31)/t15-,18-,21-,22+/m1/s1. The summed E-state index contributed by atoms with van der Waals surface area (Å²) in [5.74, 6) is 0.0584. The molecule has 2 aromatic heterocycles. The Labute approximate surface area is 205 Å². The van der Waals surface area contributed by atoms with Gasteiger partial charge in [-0.05, 0) is 43.2 Å². The van der Waals surface area contributed by atoms with Crippen molar-refractivity contribution in [2.75, 3.05) is 17.2 Å². The van der Waals surface area contributed by atoms with Crippen molar-refractivity contribution in [3.05, 3.63) is 65.6 Å². The molecule has 0 amide bonds. The van der Waals surface area contributed by atoms with Crippen LogP contribution in [0.3, 0.4) is 0 Å². The van der Waals surface area contributed by atoms with E-state index in [1.807, 2.05) is 37.3 Å². The highest BCUT2D eigenvalue weighted by atomic mass is 32.1. The van der Waals surface area contributed by atoms with Crippen LogP contribution in [0, 0.1) is 18.7 Å². The average molecular weight is 496 g/mol. The Morgan fingerprint density at radius 2 is 1.89 bits per heavy atom. The number of aromatic nitrogens is 3. The predicted molar refractivity (Wildman–Crippen MR) is 134 cm³/mol. The van der Waals surface area contributed by atoms with Crippen LogP contribution in [0.5, 0.6) is 0 Å². The Balaban J connectivity index is 1.51. The van der Waals surface area contributed by atoms with Crippen LogP contribution < -0.4 is 10.6 Å². The van der Waals surface area contributed by atoms with Crippen LogP contribution in [0.4, 0.5) is 16.2 Å². The average Bonchev–Trinajstić information content (AvgIpc) is 3.38. The number of aliphatic hydroxyl groups excluding tert-OH is 3. The van der Waals surface area contributed by atoms with E-state index in [9.17, 15) is 19.7 Å². The molecule has 182 valence electrons. The Hall–Kier alpha value is -3.18. The molecule has 2 heterocycles. The molecule has 0 spiro atoms. The molecular formula is C25H26FN5O3S. The van der Waals surface area contributed by atoms with E-state index in [1.165, 1.54) is 23.5 Å². The molecule has 4 aromatic rings. The minimum atomic E-state index is -1.06. The minimum Gasteiger partial charge on any atom is -0.396 e. The lowest BCUT2D eigenvalue weighted by Gasteiger charge is -2.21. The molecular weight excluding hydrogens is 469 g/mol. The lowest BCUT2D eigenvalue weighted by molar-refractivity contribution is 0.00446. The van der Waals surface area contributed by atoms with Crippen LogP contribution >= 0.6 is 11.3 Å². The zero-order valence-corrected chi connectivity index (χ0v) is 19.8. The molecule has 0 bridgehead atoms. The Morgan fingerprint density at radius 3 is 2.63 bits per heavy atom. The third kappa shape index (κ3) is 4.83. The van der Waals surface area contributed by atoms with Crippen molar-refractivity contribution in [1.29, 1.82) is 0 Å². The van der Waals surface area contributed by atoms with Crippen molar-refractivity contribution >= 4 is 33.3 Å². The number of halogens is 1. The highest BCUT2D eigenvalue weighted by molar-refractivity contribution is 7.21. The lowest BCUT2D eigenvalue weighted by atomic mass is 10.1. The fourth-order valence-corrected chi connectivity index (χ4v) is 5.51. The molecule has 5 N–H and O–H groups in total. The number of nitrogens with zero attached hydrogens (tertiary/aromatic N) is 3. The van der Waals surface area contributed by atoms with Crippen LogP contribution in [0.1, 0.15) is 17.7 Å². The van der Waals surface area contributed by atoms with E-state index in [1.54, 1.807) is 6.07 Å². The first-order chi connectivity index (χ1) is 16.9. The van der Waals surface area contributed by atoms with Gasteiger partial charge in [-0.1, -0.05) is 24.3 Å². The number of para-hydroxylation sites is 1. The van der Waals surface area contributed by atoms with Gasteiger partial charge in [-0.2, -0.15) is 4.98 Å². The summed E-state index contributed by atoms with van der Waals surface area (Å²) in [6.45, 7) is 1.97. The molecule has 1 aliphatic rings. The molecule has 0 radical (unpaired) electrons. The van der Waals surface area contributed by atoms with E-state index >= 15 is 0 Å². The van der Waals surface area contributed by atoms with E-state index in [2.05, 4.69) is 20.6 Å². The quantitative estimate of drug-likeness (QED) is 0.265. The van der Waals surface area contributed by atoms with E-state index in [0.29, 0.717) is 36.0 Å². The number of nitrogens with one attached hydrogen (secondary N) is 2. The first-order valence-corrected chi connectivity index (χ1v) is 12.2. The largest absolute Gasteiger partial charge is 0.396 e. The number of aliphatic hydroxyl groups is 3. The highest BCUT2D eigenvalue weighted by Gasteiger charge is 2.41. The van der Waals surface area contributed by atoms with Gasteiger partial charge in [-0.3, -0.25) is 0 Å². The lowest BCUT2D eigenvalue weighted by Crippen LogP contribution is -2.35. The molecule has 35 heavy (non-hydrogen) atoms. The van der Waals surface area contributed by atoms with E-state index in [0.717, 1.165) is 20.8 Å². The third-order valence-electron chi connectivity index (χ3n) is 6.30. The number of hydrogen-bond donors (Lipinski definition) is 5. The molecule has 1 aliphatic carbocycles. The minimum absolute atomic E-state index is 0.218. The van der Waals surface area contributed by atoms with E-state index in [-0.39, 0.29) is 12.4 Å². The maximum atomic E-state index is 13.6. The molecule has 10 heteroatoms. The SMILES string of the molecule is Cc1nc(NCc2cccc(F)c2)nc(N[C@@H]2C[C@H](CO)[C@@H](O)[C@H]2O)c1-c1nc2ccccc2s1. The number of hydrogen-bond acceptors (Lipinski definition) is 9. The fourth-order valence-electron chi connectivity index (χ4n) is 4.44. The Morgan fingerprint density at radius 1 is 1.06 bits per heavy atom. The van der Waals surface area contributed by atoms with E-state index < -0.39 is 24.2 Å². The third-order valence-corrected chi connectivity index (χ3v) is 7.35. The van der Waals surface area contributed by atoms with E-state index in [4.69, 9.17) is 4.98 Å². The normalized spacial score (nSPS) is 22.0. The van der Waals surface area contributed by atoms with Gasteiger partial charge in [-0.25, -0.2) is 14.4 Å². The molecule has 0 saturated heterocycles. The summed E-state index contributed by atoms with van der Waals surface area (Å²) < 4.78 is 14.6. The second kappa shape index (κ2) is 9.82. The van der Waals surface area contributed by atoms with Gasteiger partial charge >= 0.3 is 0 Å². The second-order valence-electron chi connectivity index (χ2n) is 8.74. The predicted octanol–water partition coefficient (Wildman–Crippen LogP) is 3.33. The summed E-state index contributed by atoms with van der Waals surface area (Å²) in [4.78, 5) is 14.1. The molecule has 4 atom stereocenters. The van der Waals surface area contributed by atoms with Gasteiger partial charge in [0.15, 0.2) is 0 Å². The van der Waals surface area contributed by atoms with Crippen LogP contribution in [-0.2, 0) is 6.54 Å². The molecule has 0 unspecified atom stereocenters. The van der Waals surface area contributed by atoms with Crippen LogP contribution in [0.25, 0.3) is 20.8 Å². The number of fused-ring (bicyclic) bond motifs is 1. The first kappa shape index (κ1) is 23.6. The number of thiazole rings is 1. The van der Waals surface area contributed by atoms with Crippen molar-refractivity contribution in [2.45, 2.75) is 38.1 Å². The maximum absolute atomic E-state index is 13.6. The zero-order valence-electron chi connectivity index (χ0n) is 19.0. The Kier molecular flexibility index (Phi) is 6.61. The summed E-state index contributed by atoms with van der Waals surface area (Å²) in [7, 11) is 0. The van der Waals surface area contributed by atoms with Crippen molar-refractivity contribution < 1.29 is 19.7 Å². The molecule has 8 nitrogen and oxygen atoms in total. The summed E-state index contributed by atoms with van der Waals surface area (Å²) >= 11 is 1.52. The molecule has 0 aliphatic heterocycles. The van der Waals surface area contributed by atoms with Gasteiger partial charge in [0.1, 0.15) is 22.7 Å². The summed E-state index contributed by atoms with van der Waals surface area (Å²) in [5.41, 5.74) is 2.99. The topological polar surface area (TPSA) is 123 Å². The van der Waals surface area contributed by atoms with Crippen LogP contribution in [0.15, 0.2) is 48.5 Å². The van der Waals surface area contributed by atoms with Crippen molar-refractivity contribution in [3.63, 3.8) is 0 Å². The summed E-state index contributed by atoms with van der Waals surface area (Å²) in [5, 5.41) is 37.6. The Bertz CT molecular complexity index is 1320. The first-order valence-electron chi connectivity index (χ1n) is 11.4. The number of benzene rings is 2. The smallest absolute Gasteiger partial charge is 0.225 e. The summed E-state index contributed by atoms with van der Waals surface area (Å²) in [6, 6.07) is 13.6. The summed E-state index contributed by atoms with van der Waals surface area (Å²) in [6.07, 6.45) is -1.71. The van der Waals surface area contributed by atoms with Crippen molar-refractivity contribution in [3.8, 4) is 10.6 Å². The van der Waals surface area contributed by atoms with Crippen molar-refractivity contribution in [2.24, 2.45) is 5.92 Å². The zero-order chi connectivity index (χ0) is 24.5. The van der Waals surface area contributed by atoms with Gasteiger partial charge in [0.2, 0.25) is 5.95 Å². The van der Waals surface area contributed by atoms with Crippen LogP contribution in [0.2, 0.25) is 0 Å². The van der Waals surface area contributed by atoms with Crippen molar-refractivity contribution in [1.82, 2.24) is 15.0 Å². The van der Waals surface area contributed by atoms with Gasteiger partial charge in [0, 0.05) is 19.1 Å². The van der Waals surface area contributed by atoms with Gasteiger partial charge in [-0.15, -0.1) is 11.3 Å².